The average Bonchev–Trinajstić information content (AvgIpc) is 2.49. The lowest BCUT2D eigenvalue weighted by molar-refractivity contribution is -0.133. The van der Waals surface area contributed by atoms with Gasteiger partial charge in [0.25, 0.3) is 0 Å². The van der Waals surface area contributed by atoms with Gasteiger partial charge in [-0.15, -0.1) is 0 Å². The zero-order valence-corrected chi connectivity index (χ0v) is 14.3. The zero-order chi connectivity index (χ0) is 16.9. The average molecular weight is 369 g/mol. The molecule has 0 aromatic heterocycles. The van der Waals surface area contributed by atoms with E-state index in [9.17, 15) is 13.2 Å². The summed E-state index contributed by atoms with van der Waals surface area (Å²) in [6.45, 7) is 2.25. The Bertz CT molecular complexity index is 515. The molecule has 1 aromatic rings. The van der Waals surface area contributed by atoms with Crippen molar-refractivity contribution in [3.8, 4) is 0 Å². The molecule has 7 heteroatoms. The van der Waals surface area contributed by atoms with Crippen LogP contribution >= 0.6 is 23.2 Å². The Hall–Kier alpha value is -0.490. The van der Waals surface area contributed by atoms with Gasteiger partial charge in [0.05, 0.1) is 16.5 Å². The maximum Gasteiger partial charge on any atom is 0.390 e. The lowest BCUT2D eigenvalue weighted by atomic mass is 9.72. The summed E-state index contributed by atoms with van der Waals surface area (Å²) in [5, 5.41) is 7.32. The summed E-state index contributed by atoms with van der Waals surface area (Å²) in [5.74, 6) is 0. The van der Waals surface area contributed by atoms with Gasteiger partial charge in [-0.2, -0.15) is 13.2 Å². The quantitative estimate of drug-likeness (QED) is 0.719. The monoisotopic (exact) mass is 368 g/mol. The zero-order valence-electron chi connectivity index (χ0n) is 12.8. The smallest absolute Gasteiger partial charge is 0.316 e. The molecule has 0 bridgehead atoms. The molecule has 1 heterocycles. The van der Waals surface area contributed by atoms with Crippen molar-refractivity contribution in [2.45, 2.75) is 37.3 Å². The third-order valence-electron chi connectivity index (χ3n) is 4.37. The van der Waals surface area contributed by atoms with Crippen LogP contribution in [0.1, 0.15) is 31.2 Å². The Morgan fingerprint density at radius 1 is 1.17 bits per heavy atom. The molecule has 2 N–H and O–H groups in total. The Labute approximate surface area is 144 Å². The van der Waals surface area contributed by atoms with E-state index in [1.165, 1.54) is 0 Å². The predicted octanol–water partition coefficient (Wildman–Crippen LogP) is 4.55. The van der Waals surface area contributed by atoms with Gasteiger partial charge in [-0.25, -0.2) is 0 Å². The molecular formula is C16H21Cl2F3N2. The van der Waals surface area contributed by atoms with Crippen LogP contribution in [0.25, 0.3) is 0 Å². The van der Waals surface area contributed by atoms with Crippen molar-refractivity contribution in [3.05, 3.63) is 33.8 Å². The van der Waals surface area contributed by atoms with Crippen molar-refractivity contribution >= 4 is 23.2 Å². The number of hydrogen-bond donors (Lipinski definition) is 2. The summed E-state index contributed by atoms with van der Waals surface area (Å²) >= 11 is 12.1. The SMILES string of the molecule is FC(F)(F)CCNCC[C@]1(c2ccc(Cl)c(Cl)c2)CCCNC1. The molecule has 1 aliphatic heterocycles. The molecule has 1 atom stereocenters. The van der Waals surface area contributed by atoms with Crippen LogP contribution in [0.3, 0.4) is 0 Å². The first kappa shape index (κ1) is 18.8. The van der Waals surface area contributed by atoms with Gasteiger partial charge in [0.15, 0.2) is 0 Å². The molecule has 23 heavy (non-hydrogen) atoms. The highest BCUT2D eigenvalue weighted by Gasteiger charge is 2.34. The lowest BCUT2D eigenvalue weighted by Crippen LogP contribution is -2.45. The van der Waals surface area contributed by atoms with Crippen LogP contribution in [-0.4, -0.2) is 32.4 Å². The standard InChI is InChI=1S/C16H21Cl2F3N2/c17-13-3-2-12(10-14(13)18)15(4-1-7-23-11-15)5-8-22-9-6-16(19,20)21/h2-3,10,22-23H,1,4-9,11H2/t15-/m1/s1. The normalized spacial score (nSPS) is 22.3. The molecule has 0 aliphatic carbocycles. The first-order chi connectivity index (χ1) is 10.8. The Morgan fingerprint density at radius 2 is 1.96 bits per heavy atom. The van der Waals surface area contributed by atoms with Crippen molar-refractivity contribution in [2.24, 2.45) is 0 Å². The highest BCUT2D eigenvalue weighted by atomic mass is 35.5. The van der Waals surface area contributed by atoms with Crippen LogP contribution in [-0.2, 0) is 5.41 Å². The molecule has 2 nitrogen and oxygen atoms in total. The summed E-state index contributed by atoms with van der Waals surface area (Å²) in [5.41, 5.74) is 0.981. The minimum Gasteiger partial charge on any atom is -0.316 e. The van der Waals surface area contributed by atoms with Crippen LogP contribution < -0.4 is 10.6 Å². The number of hydrogen-bond acceptors (Lipinski definition) is 2. The second kappa shape index (κ2) is 8.06. The molecule has 0 radical (unpaired) electrons. The first-order valence-electron chi connectivity index (χ1n) is 7.76. The summed E-state index contributed by atoms with van der Waals surface area (Å²) in [4.78, 5) is 0. The van der Waals surface area contributed by atoms with E-state index in [1.807, 2.05) is 12.1 Å². The van der Waals surface area contributed by atoms with E-state index in [0.29, 0.717) is 16.6 Å². The van der Waals surface area contributed by atoms with E-state index < -0.39 is 12.6 Å². The fourth-order valence-electron chi connectivity index (χ4n) is 3.08. The third kappa shape index (κ3) is 5.52. The van der Waals surface area contributed by atoms with E-state index in [-0.39, 0.29) is 12.0 Å². The van der Waals surface area contributed by atoms with Crippen molar-refractivity contribution in [3.63, 3.8) is 0 Å². The Kier molecular flexibility index (Phi) is 6.60. The highest BCUT2D eigenvalue weighted by Crippen LogP contribution is 2.37. The summed E-state index contributed by atoms with van der Waals surface area (Å²) < 4.78 is 36.5. The predicted molar refractivity (Wildman–Crippen MR) is 88.4 cm³/mol. The Morgan fingerprint density at radius 3 is 2.57 bits per heavy atom. The summed E-state index contributed by atoms with van der Waals surface area (Å²) in [7, 11) is 0. The minimum absolute atomic E-state index is 0.0472. The summed E-state index contributed by atoms with van der Waals surface area (Å²) in [6, 6.07) is 5.64. The molecule has 0 amide bonds. The molecule has 1 aromatic carbocycles. The van der Waals surface area contributed by atoms with Gasteiger partial charge in [0.1, 0.15) is 0 Å². The fourth-order valence-corrected chi connectivity index (χ4v) is 3.38. The number of alkyl halides is 3. The van der Waals surface area contributed by atoms with E-state index in [2.05, 4.69) is 10.6 Å². The molecule has 130 valence electrons. The van der Waals surface area contributed by atoms with Gasteiger partial charge >= 0.3 is 6.18 Å². The van der Waals surface area contributed by atoms with E-state index in [0.717, 1.165) is 37.9 Å². The van der Waals surface area contributed by atoms with Crippen LogP contribution in [0.2, 0.25) is 10.0 Å². The molecular weight excluding hydrogens is 348 g/mol. The first-order valence-corrected chi connectivity index (χ1v) is 8.52. The van der Waals surface area contributed by atoms with Crippen molar-refractivity contribution in [2.75, 3.05) is 26.2 Å². The highest BCUT2D eigenvalue weighted by molar-refractivity contribution is 6.42. The van der Waals surface area contributed by atoms with E-state index in [1.54, 1.807) is 6.07 Å². The van der Waals surface area contributed by atoms with Crippen molar-refractivity contribution in [1.82, 2.24) is 10.6 Å². The number of rotatable bonds is 6. The number of piperidine rings is 1. The molecule has 1 saturated heterocycles. The molecule has 2 rings (SSSR count). The fraction of sp³-hybridized carbons (Fsp3) is 0.625. The topological polar surface area (TPSA) is 24.1 Å². The molecule has 0 spiro atoms. The third-order valence-corrected chi connectivity index (χ3v) is 5.11. The van der Waals surface area contributed by atoms with Crippen molar-refractivity contribution < 1.29 is 13.2 Å². The van der Waals surface area contributed by atoms with Crippen LogP contribution in [0.4, 0.5) is 13.2 Å². The van der Waals surface area contributed by atoms with Gasteiger partial charge in [0, 0.05) is 18.5 Å². The van der Waals surface area contributed by atoms with Gasteiger partial charge in [0.2, 0.25) is 0 Å². The Balaban J connectivity index is 2.00. The second-order valence-electron chi connectivity index (χ2n) is 6.05. The van der Waals surface area contributed by atoms with Crippen LogP contribution in [0.5, 0.6) is 0 Å². The van der Waals surface area contributed by atoms with Crippen molar-refractivity contribution in [1.29, 1.82) is 0 Å². The van der Waals surface area contributed by atoms with Gasteiger partial charge in [-0.3, -0.25) is 0 Å². The van der Waals surface area contributed by atoms with Gasteiger partial charge < -0.3 is 10.6 Å². The minimum atomic E-state index is -4.11. The molecule has 0 unspecified atom stereocenters. The number of halogens is 5. The van der Waals surface area contributed by atoms with Crippen LogP contribution in [0.15, 0.2) is 18.2 Å². The van der Waals surface area contributed by atoms with E-state index >= 15 is 0 Å². The summed E-state index contributed by atoms with van der Waals surface area (Å²) in [6.07, 6.45) is -2.14. The second-order valence-corrected chi connectivity index (χ2v) is 6.87. The van der Waals surface area contributed by atoms with Gasteiger partial charge in [-0.05, 0) is 50.0 Å². The number of benzene rings is 1. The van der Waals surface area contributed by atoms with Crippen LogP contribution in [0, 0.1) is 0 Å². The lowest BCUT2D eigenvalue weighted by Gasteiger charge is -2.39. The largest absolute Gasteiger partial charge is 0.390 e. The molecule has 1 fully saturated rings. The number of nitrogens with one attached hydrogen (secondary N) is 2. The maximum atomic E-state index is 12.2. The van der Waals surface area contributed by atoms with E-state index in [4.69, 9.17) is 23.2 Å². The molecule has 1 aliphatic rings. The van der Waals surface area contributed by atoms with Gasteiger partial charge in [-0.1, -0.05) is 29.3 Å². The molecule has 0 saturated carbocycles. The maximum absolute atomic E-state index is 12.2.